The van der Waals surface area contributed by atoms with Crippen molar-refractivity contribution < 1.29 is 9.13 Å². The Balaban J connectivity index is 1.66. The van der Waals surface area contributed by atoms with Crippen molar-refractivity contribution in [2.45, 2.75) is 12.3 Å². The molecule has 1 nitrogen and oxygen atoms in total. The van der Waals surface area contributed by atoms with Gasteiger partial charge in [-0.2, -0.15) is 0 Å². The zero-order valence-electron chi connectivity index (χ0n) is 9.40. The fourth-order valence-electron chi connectivity index (χ4n) is 2.26. The van der Waals surface area contributed by atoms with Crippen LogP contribution in [0.1, 0.15) is 17.0 Å². The second-order valence-electron chi connectivity index (χ2n) is 4.34. The number of ether oxygens (including phenoxy) is 1. The Morgan fingerprint density at radius 3 is 2.65 bits per heavy atom. The molecule has 1 unspecified atom stereocenters. The van der Waals surface area contributed by atoms with Gasteiger partial charge in [-0.15, -0.1) is 0 Å². The Labute approximate surface area is 99.9 Å². The lowest BCUT2D eigenvalue weighted by Gasteiger charge is -2.29. The van der Waals surface area contributed by atoms with E-state index in [1.54, 1.807) is 18.2 Å². The van der Waals surface area contributed by atoms with E-state index in [0.29, 0.717) is 18.3 Å². The minimum absolute atomic E-state index is 0.292. The van der Waals surface area contributed by atoms with Gasteiger partial charge in [-0.05, 0) is 29.7 Å². The van der Waals surface area contributed by atoms with Gasteiger partial charge in [0.25, 0.3) is 0 Å². The van der Waals surface area contributed by atoms with Crippen molar-refractivity contribution >= 4 is 0 Å². The summed E-state index contributed by atoms with van der Waals surface area (Å²) in [6, 6.07) is 14.9. The van der Waals surface area contributed by atoms with Crippen molar-refractivity contribution in [1.29, 1.82) is 0 Å². The highest BCUT2D eigenvalue weighted by Crippen LogP contribution is 2.35. The third-order valence-electron chi connectivity index (χ3n) is 3.24. The lowest BCUT2D eigenvalue weighted by atomic mass is 9.78. The Morgan fingerprint density at radius 2 is 1.82 bits per heavy atom. The van der Waals surface area contributed by atoms with Crippen LogP contribution in [0.5, 0.6) is 5.75 Å². The summed E-state index contributed by atoms with van der Waals surface area (Å²) < 4.78 is 18.9. The lowest BCUT2D eigenvalue weighted by Crippen LogP contribution is -2.23. The number of fused-ring (bicyclic) bond motifs is 1. The van der Waals surface area contributed by atoms with Crippen LogP contribution in [-0.4, -0.2) is 6.61 Å². The van der Waals surface area contributed by atoms with E-state index in [1.807, 2.05) is 12.1 Å². The molecule has 1 aliphatic rings. The molecule has 0 saturated carbocycles. The van der Waals surface area contributed by atoms with Crippen LogP contribution in [0.2, 0.25) is 0 Å². The maximum absolute atomic E-state index is 13.3. The van der Waals surface area contributed by atoms with Crippen LogP contribution in [0.3, 0.4) is 0 Å². The van der Waals surface area contributed by atoms with E-state index >= 15 is 0 Å². The summed E-state index contributed by atoms with van der Waals surface area (Å²) in [5, 5.41) is 0. The maximum atomic E-state index is 13.3. The molecule has 0 saturated heterocycles. The molecule has 0 aliphatic heterocycles. The second-order valence-corrected chi connectivity index (χ2v) is 4.34. The molecule has 2 aromatic carbocycles. The number of hydrogen-bond acceptors (Lipinski definition) is 1. The van der Waals surface area contributed by atoms with Crippen LogP contribution in [0.25, 0.3) is 0 Å². The highest BCUT2D eigenvalue weighted by molar-refractivity contribution is 5.40. The third kappa shape index (κ3) is 1.91. The van der Waals surface area contributed by atoms with Crippen molar-refractivity contribution in [3.8, 4) is 5.75 Å². The van der Waals surface area contributed by atoms with Gasteiger partial charge in [0.2, 0.25) is 0 Å². The Bertz CT molecular complexity index is 536. The fraction of sp³-hybridized carbons (Fsp3) is 0.200. The first-order valence-electron chi connectivity index (χ1n) is 5.80. The first-order chi connectivity index (χ1) is 8.34. The first kappa shape index (κ1) is 10.3. The van der Waals surface area contributed by atoms with E-state index in [-0.39, 0.29) is 5.82 Å². The molecule has 0 fully saturated rings. The molecule has 0 amide bonds. The lowest BCUT2D eigenvalue weighted by molar-refractivity contribution is 0.263. The summed E-state index contributed by atoms with van der Waals surface area (Å²) in [5.74, 6) is 0.461. The second kappa shape index (κ2) is 4.21. The van der Waals surface area contributed by atoms with Gasteiger partial charge in [0, 0.05) is 5.92 Å². The summed E-state index contributed by atoms with van der Waals surface area (Å²) in [4.78, 5) is 0. The molecule has 3 rings (SSSR count). The quantitative estimate of drug-likeness (QED) is 0.780. The van der Waals surface area contributed by atoms with E-state index in [1.165, 1.54) is 17.2 Å². The third-order valence-corrected chi connectivity index (χ3v) is 3.24. The van der Waals surface area contributed by atoms with Crippen LogP contribution in [-0.2, 0) is 6.42 Å². The predicted octanol–water partition coefficient (Wildman–Crippen LogP) is 3.54. The molecule has 1 atom stereocenters. The minimum Gasteiger partial charge on any atom is -0.490 e. The number of rotatable bonds is 3. The van der Waals surface area contributed by atoms with Crippen LogP contribution >= 0.6 is 0 Å². The molecule has 0 N–H and O–H groups in total. The van der Waals surface area contributed by atoms with Crippen molar-refractivity contribution in [3.63, 3.8) is 0 Å². The molecule has 0 heterocycles. The summed E-state index contributed by atoms with van der Waals surface area (Å²) >= 11 is 0. The van der Waals surface area contributed by atoms with Gasteiger partial charge >= 0.3 is 0 Å². The fourth-order valence-corrected chi connectivity index (χ4v) is 2.26. The maximum Gasteiger partial charge on any atom is 0.165 e. The average Bonchev–Trinajstić information content (AvgIpc) is 2.32. The van der Waals surface area contributed by atoms with Crippen molar-refractivity contribution in [3.05, 3.63) is 65.5 Å². The molecular formula is C15H13FO. The van der Waals surface area contributed by atoms with Crippen molar-refractivity contribution in [2.75, 3.05) is 6.61 Å². The van der Waals surface area contributed by atoms with E-state index in [4.69, 9.17) is 4.74 Å². The number of halogens is 1. The number of hydrogen-bond donors (Lipinski definition) is 0. The first-order valence-corrected chi connectivity index (χ1v) is 5.80. The molecule has 0 aromatic heterocycles. The monoisotopic (exact) mass is 228 g/mol. The highest BCUT2D eigenvalue weighted by atomic mass is 19.1. The summed E-state index contributed by atoms with van der Waals surface area (Å²) in [7, 11) is 0. The van der Waals surface area contributed by atoms with Crippen molar-refractivity contribution in [2.24, 2.45) is 0 Å². The summed E-state index contributed by atoms with van der Waals surface area (Å²) in [6.07, 6.45) is 1.03. The number of para-hydroxylation sites is 1. The van der Waals surface area contributed by atoms with Gasteiger partial charge in [0.15, 0.2) is 11.6 Å². The van der Waals surface area contributed by atoms with Crippen molar-refractivity contribution in [1.82, 2.24) is 0 Å². The SMILES string of the molecule is Fc1ccccc1OCC1Cc2ccccc21. The topological polar surface area (TPSA) is 9.23 Å². The molecule has 1 aliphatic carbocycles. The van der Waals surface area contributed by atoms with Crippen LogP contribution in [0.15, 0.2) is 48.5 Å². The van der Waals surface area contributed by atoms with Crippen LogP contribution in [0.4, 0.5) is 4.39 Å². The van der Waals surface area contributed by atoms with Gasteiger partial charge < -0.3 is 4.74 Å². The highest BCUT2D eigenvalue weighted by Gasteiger charge is 2.25. The summed E-state index contributed by atoms with van der Waals surface area (Å²) in [5.41, 5.74) is 2.72. The van der Waals surface area contributed by atoms with Gasteiger partial charge in [-0.1, -0.05) is 36.4 Å². The van der Waals surface area contributed by atoms with E-state index in [2.05, 4.69) is 12.1 Å². The van der Waals surface area contributed by atoms with Gasteiger partial charge in [-0.3, -0.25) is 0 Å². The predicted molar refractivity (Wildman–Crippen MR) is 64.8 cm³/mol. The molecule has 17 heavy (non-hydrogen) atoms. The van der Waals surface area contributed by atoms with E-state index in [9.17, 15) is 4.39 Å². The normalized spacial score (nSPS) is 17.1. The molecule has 0 spiro atoms. The molecule has 0 bridgehead atoms. The Kier molecular flexibility index (Phi) is 2.56. The Hall–Kier alpha value is -1.83. The molecular weight excluding hydrogens is 215 g/mol. The molecule has 2 heteroatoms. The van der Waals surface area contributed by atoms with Crippen LogP contribution < -0.4 is 4.74 Å². The smallest absolute Gasteiger partial charge is 0.165 e. The Morgan fingerprint density at radius 1 is 1.06 bits per heavy atom. The number of benzene rings is 2. The zero-order valence-corrected chi connectivity index (χ0v) is 9.40. The standard InChI is InChI=1S/C15H13FO/c16-14-7-3-4-8-15(14)17-10-12-9-11-5-1-2-6-13(11)12/h1-8,12H,9-10H2. The minimum atomic E-state index is -0.292. The van der Waals surface area contributed by atoms with Gasteiger partial charge in [-0.25, -0.2) is 4.39 Å². The molecule has 2 aromatic rings. The largest absolute Gasteiger partial charge is 0.490 e. The molecule has 86 valence electrons. The van der Waals surface area contributed by atoms with Gasteiger partial charge in [0.05, 0.1) is 6.61 Å². The molecule has 0 radical (unpaired) electrons. The van der Waals surface area contributed by atoms with Gasteiger partial charge in [0.1, 0.15) is 0 Å². The zero-order chi connectivity index (χ0) is 11.7. The summed E-state index contributed by atoms with van der Waals surface area (Å²) in [6.45, 7) is 0.554. The van der Waals surface area contributed by atoms with E-state index < -0.39 is 0 Å². The average molecular weight is 228 g/mol. The van der Waals surface area contributed by atoms with Crippen LogP contribution in [0, 0.1) is 5.82 Å². The van der Waals surface area contributed by atoms with E-state index in [0.717, 1.165) is 6.42 Å².